The van der Waals surface area contributed by atoms with E-state index in [2.05, 4.69) is 27.8 Å². The molecule has 1 saturated heterocycles. The zero-order valence-electron chi connectivity index (χ0n) is 8.59. The second-order valence-corrected chi connectivity index (χ2v) is 5.06. The van der Waals surface area contributed by atoms with E-state index >= 15 is 0 Å². The van der Waals surface area contributed by atoms with Crippen molar-refractivity contribution < 1.29 is 5.11 Å². The van der Waals surface area contributed by atoms with E-state index in [9.17, 15) is 5.11 Å². The molecule has 1 aliphatic rings. The van der Waals surface area contributed by atoms with E-state index < -0.39 is 5.60 Å². The molecule has 2 nitrogen and oxygen atoms in total. The minimum absolute atomic E-state index is 0.440. The fourth-order valence-corrected chi connectivity index (χ4v) is 2.51. The van der Waals surface area contributed by atoms with Crippen molar-refractivity contribution in [1.82, 2.24) is 4.90 Å². The molecular weight excluding hydrogens is 230 g/mol. The van der Waals surface area contributed by atoms with Gasteiger partial charge in [-0.15, -0.1) is 0 Å². The molecule has 13 heavy (non-hydrogen) atoms. The highest BCUT2D eigenvalue weighted by Gasteiger charge is 2.31. The molecule has 1 aliphatic heterocycles. The number of alkyl halides is 1. The van der Waals surface area contributed by atoms with Gasteiger partial charge in [-0.2, -0.15) is 0 Å². The lowest BCUT2D eigenvalue weighted by Gasteiger charge is -2.22. The summed E-state index contributed by atoms with van der Waals surface area (Å²) in [5.74, 6) is 0.730. The van der Waals surface area contributed by atoms with Crippen LogP contribution >= 0.6 is 15.9 Å². The molecule has 2 atom stereocenters. The molecule has 78 valence electrons. The van der Waals surface area contributed by atoms with Crippen molar-refractivity contribution in [3.8, 4) is 0 Å². The molecular formula is C10H20BrNO. The predicted molar refractivity (Wildman–Crippen MR) is 59.3 cm³/mol. The molecule has 0 amide bonds. The molecule has 3 heteroatoms. The second kappa shape index (κ2) is 4.76. The van der Waals surface area contributed by atoms with Gasteiger partial charge in [-0.3, -0.25) is 0 Å². The highest BCUT2D eigenvalue weighted by molar-refractivity contribution is 9.09. The Kier molecular flexibility index (Phi) is 4.20. The monoisotopic (exact) mass is 249 g/mol. The summed E-state index contributed by atoms with van der Waals surface area (Å²) in [6, 6.07) is 0. The summed E-state index contributed by atoms with van der Waals surface area (Å²) >= 11 is 3.52. The van der Waals surface area contributed by atoms with Crippen molar-refractivity contribution in [1.29, 1.82) is 0 Å². The summed E-state index contributed by atoms with van der Waals surface area (Å²) in [5, 5.41) is 10.8. The van der Waals surface area contributed by atoms with Crippen molar-refractivity contribution in [3.63, 3.8) is 0 Å². The minimum Gasteiger partial charge on any atom is -0.389 e. The minimum atomic E-state index is -0.440. The standard InChI is InChI=1S/C10H20BrNO/c1-3-9(6-11)7-12-5-4-10(2,13)8-12/h9,13H,3-8H2,1-2H3. The molecule has 2 unspecified atom stereocenters. The van der Waals surface area contributed by atoms with Gasteiger partial charge in [0.1, 0.15) is 0 Å². The first-order valence-electron chi connectivity index (χ1n) is 5.08. The van der Waals surface area contributed by atoms with Crippen LogP contribution in [0.15, 0.2) is 0 Å². The van der Waals surface area contributed by atoms with Crippen LogP contribution in [0.4, 0.5) is 0 Å². The SMILES string of the molecule is CCC(CBr)CN1CCC(C)(O)C1. The van der Waals surface area contributed by atoms with Crippen LogP contribution in [0.3, 0.4) is 0 Å². The fraction of sp³-hybridized carbons (Fsp3) is 1.00. The average Bonchev–Trinajstić information content (AvgIpc) is 2.41. The quantitative estimate of drug-likeness (QED) is 0.770. The van der Waals surface area contributed by atoms with Gasteiger partial charge in [-0.05, 0) is 19.3 Å². The summed E-state index contributed by atoms with van der Waals surface area (Å²) in [6.07, 6.45) is 2.13. The molecule has 1 fully saturated rings. The molecule has 0 spiro atoms. The Bertz CT molecular complexity index is 157. The second-order valence-electron chi connectivity index (χ2n) is 4.41. The van der Waals surface area contributed by atoms with Crippen LogP contribution in [0.5, 0.6) is 0 Å². The third-order valence-corrected chi connectivity index (χ3v) is 3.76. The van der Waals surface area contributed by atoms with Gasteiger partial charge in [-0.25, -0.2) is 0 Å². The molecule has 0 bridgehead atoms. The third kappa shape index (κ3) is 3.56. The molecule has 0 aromatic heterocycles. The highest BCUT2D eigenvalue weighted by atomic mass is 79.9. The van der Waals surface area contributed by atoms with Crippen molar-refractivity contribution >= 4 is 15.9 Å². The zero-order valence-corrected chi connectivity index (χ0v) is 10.2. The Hall–Kier alpha value is 0.400. The zero-order chi connectivity index (χ0) is 9.90. The first-order valence-corrected chi connectivity index (χ1v) is 6.20. The lowest BCUT2D eigenvalue weighted by Crippen LogP contribution is -2.33. The molecule has 0 saturated carbocycles. The van der Waals surface area contributed by atoms with Gasteiger partial charge in [0, 0.05) is 25.0 Å². The first kappa shape index (κ1) is 11.5. The maximum atomic E-state index is 9.77. The van der Waals surface area contributed by atoms with E-state index in [4.69, 9.17) is 0 Å². The molecule has 0 aromatic carbocycles. The normalized spacial score (nSPS) is 32.3. The lowest BCUT2D eigenvalue weighted by molar-refractivity contribution is 0.0671. The van der Waals surface area contributed by atoms with E-state index in [0.717, 1.165) is 37.3 Å². The average molecular weight is 250 g/mol. The van der Waals surface area contributed by atoms with E-state index in [0.29, 0.717) is 0 Å². The van der Waals surface area contributed by atoms with Gasteiger partial charge in [0.05, 0.1) is 5.60 Å². The Morgan fingerprint density at radius 1 is 1.62 bits per heavy atom. The van der Waals surface area contributed by atoms with Gasteiger partial charge in [0.25, 0.3) is 0 Å². The number of hydrogen-bond donors (Lipinski definition) is 1. The van der Waals surface area contributed by atoms with Gasteiger partial charge >= 0.3 is 0 Å². The maximum Gasteiger partial charge on any atom is 0.0758 e. The van der Waals surface area contributed by atoms with E-state index in [-0.39, 0.29) is 0 Å². The smallest absolute Gasteiger partial charge is 0.0758 e. The van der Waals surface area contributed by atoms with Crippen molar-refractivity contribution in [2.24, 2.45) is 5.92 Å². The van der Waals surface area contributed by atoms with Crippen LogP contribution in [0.2, 0.25) is 0 Å². The van der Waals surface area contributed by atoms with Gasteiger partial charge < -0.3 is 10.0 Å². The van der Waals surface area contributed by atoms with E-state index in [1.165, 1.54) is 6.42 Å². The largest absolute Gasteiger partial charge is 0.389 e. The number of likely N-dealkylation sites (tertiary alicyclic amines) is 1. The van der Waals surface area contributed by atoms with Crippen LogP contribution in [-0.4, -0.2) is 40.6 Å². The summed E-state index contributed by atoms with van der Waals surface area (Å²) in [7, 11) is 0. The summed E-state index contributed by atoms with van der Waals surface area (Å²) in [4.78, 5) is 2.37. The van der Waals surface area contributed by atoms with E-state index in [1.54, 1.807) is 0 Å². The third-order valence-electron chi connectivity index (χ3n) is 2.84. The Morgan fingerprint density at radius 2 is 2.31 bits per heavy atom. The van der Waals surface area contributed by atoms with Crippen LogP contribution in [0, 0.1) is 5.92 Å². The molecule has 0 aromatic rings. The maximum absolute atomic E-state index is 9.77. The Labute approximate surface area is 89.4 Å². The number of hydrogen-bond acceptors (Lipinski definition) is 2. The molecule has 0 radical (unpaired) electrons. The summed E-state index contributed by atoms with van der Waals surface area (Å²) in [5.41, 5.74) is -0.440. The number of halogens is 1. The molecule has 1 heterocycles. The first-order chi connectivity index (χ1) is 6.07. The molecule has 1 N–H and O–H groups in total. The van der Waals surface area contributed by atoms with Crippen LogP contribution in [0.25, 0.3) is 0 Å². The van der Waals surface area contributed by atoms with Crippen molar-refractivity contribution in [2.75, 3.05) is 25.0 Å². The van der Waals surface area contributed by atoms with Crippen molar-refractivity contribution in [2.45, 2.75) is 32.3 Å². The summed E-state index contributed by atoms with van der Waals surface area (Å²) < 4.78 is 0. The highest BCUT2D eigenvalue weighted by Crippen LogP contribution is 2.22. The number of nitrogens with zero attached hydrogens (tertiary/aromatic N) is 1. The molecule has 0 aliphatic carbocycles. The van der Waals surface area contributed by atoms with Crippen molar-refractivity contribution in [3.05, 3.63) is 0 Å². The van der Waals surface area contributed by atoms with Crippen LogP contribution in [-0.2, 0) is 0 Å². The Balaban J connectivity index is 2.31. The van der Waals surface area contributed by atoms with Crippen LogP contribution < -0.4 is 0 Å². The lowest BCUT2D eigenvalue weighted by atomic mass is 10.1. The fourth-order valence-electron chi connectivity index (χ4n) is 1.85. The van der Waals surface area contributed by atoms with Gasteiger partial charge in [-0.1, -0.05) is 29.3 Å². The summed E-state index contributed by atoms with van der Waals surface area (Å²) in [6.45, 7) is 7.17. The Morgan fingerprint density at radius 3 is 2.69 bits per heavy atom. The predicted octanol–water partition coefficient (Wildman–Crippen LogP) is 1.86. The van der Waals surface area contributed by atoms with Gasteiger partial charge in [0.15, 0.2) is 0 Å². The number of β-amino-alcohol motifs (C(OH)–C–C–N with tert-alkyl or cyclic N) is 1. The van der Waals surface area contributed by atoms with E-state index in [1.807, 2.05) is 6.92 Å². The van der Waals surface area contributed by atoms with Gasteiger partial charge in [0.2, 0.25) is 0 Å². The number of rotatable bonds is 4. The topological polar surface area (TPSA) is 23.5 Å². The molecule has 1 rings (SSSR count). The number of aliphatic hydroxyl groups is 1. The van der Waals surface area contributed by atoms with Crippen LogP contribution in [0.1, 0.15) is 26.7 Å².